The minimum atomic E-state index is -0.301. The lowest BCUT2D eigenvalue weighted by Crippen LogP contribution is -2.33. The van der Waals surface area contributed by atoms with E-state index in [0.29, 0.717) is 24.5 Å². The van der Waals surface area contributed by atoms with Gasteiger partial charge in [0.1, 0.15) is 11.3 Å². The van der Waals surface area contributed by atoms with Crippen molar-refractivity contribution in [3.63, 3.8) is 0 Å². The molecule has 0 aliphatic rings. The molecule has 0 aromatic carbocycles. The third-order valence-electron chi connectivity index (χ3n) is 3.92. The van der Waals surface area contributed by atoms with E-state index in [2.05, 4.69) is 15.3 Å². The molecule has 0 bridgehead atoms. The fourth-order valence-electron chi connectivity index (χ4n) is 2.68. The summed E-state index contributed by atoms with van der Waals surface area (Å²) in [5.74, 6) is -0.260. The van der Waals surface area contributed by atoms with Crippen LogP contribution in [0.4, 0.5) is 0 Å². The highest BCUT2D eigenvalue weighted by Gasteiger charge is 2.10. The van der Waals surface area contributed by atoms with Crippen molar-refractivity contribution in [1.82, 2.24) is 24.4 Å². The maximum atomic E-state index is 12.2. The molecule has 0 atom stereocenters. The van der Waals surface area contributed by atoms with Gasteiger partial charge in [-0.25, -0.2) is 9.78 Å². The molecule has 24 heavy (non-hydrogen) atoms. The number of pyridine rings is 1. The fourth-order valence-corrected chi connectivity index (χ4v) is 2.68. The van der Waals surface area contributed by atoms with Gasteiger partial charge in [-0.2, -0.15) is 4.98 Å². The molecule has 3 aromatic rings. The average Bonchev–Trinajstić information content (AvgIpc) is 2.90. The third-order valence-corrected chi connectivity index (χ3v) is 3.92. The van der Waals surface area contributed by atoms with Crippen molar-refractivity contribution < 1.29 is 4.79 Å². The van der Waals surface area contributed by atoms with E-state index >= 15 is 0 Å². The second-order valence-electron chi connectivity index (χ2n) is 5.76. The van der Waals surface area contributed by atoms with Gasteiger partial charge < -0.3 is 9.88 Å². The Morgan fingerprint density at radius 1 is 1.21 bits per heavy atom. The van der Waals surface area contributed by atoms with Gasteiger partial charge in [0.05, 0.1) is 0 Å². The summed E-state index contributed by atoms with van der Waals surface area (Å²) in [6, 6.07) is 7.36. The van der Waals surface area contributed by atoms with E-state index in [-0.39, 0.29) is 11.6 Å². The van der Waals surface area contributed by atoms with Gasteiger partial charge in [0.15, 0.2) is 0 Å². The van der Waals surface area contributed by atoms with Crippen molar-refractivity contribution in [1.29, 1.82) is 0 Å². The number of rotatable bonds is 4. The lowest BCUT2D eigenvalue weighted by molar-refractivity contribution is 0.0947. The molecule has 0 fully saturated rings. The first-order valence-corrected chi connectivity index (χ1v) is 7.71. The zero-order chi connectivity index (χ0) is 17.3. The minimum absolute atomic E-state index is 0.260. The highest BCUT2D eigenvalue weighted by Crippen LogP contribution is 2.12. The second kappa shape index (κ2) is 6.27. The van der Waals surface area contributed by atoms with Crippen LogP contribution >= 0.6 is 0 Å². The zero-order valence-electron chi connectivity index (χ0n) is 13.9. The van der Waals surface area contributed by atoms with Gasteiger partial charge in [-0.05, 0) is 38.1 Å². The molecule has 0 saturated carbocycles. The maximum absolute atomic E-state index is 12.2. The van der Waals surface area contributed by atoms with Crippen molar-refractivity contribution in [3.05, 3.63) is 58.0 Å². The van der Waals surface area contributed by atoms with Crippen LogP contribution in [0, 0.1) is 13.8 Å². The second-order valence-corrected chi connectivity index (χ2v) is 5.76. The molecule has 0 spiro atoms. The summed E-state index contributed by atoms with van der Waals surface area (Å²) < 4.78 is 3.41. The first-order valence-electron chi connectivity index (χ1n) is 7.71. The van der Waals surface area contributed by atoms with E-state index in [1.165, 1.54) is 0 Å². The van der Waals surface area contributed by atoms with Crippen molar-refractivity contribution in [2.75, 3.05) is 6.54 Å². The molecular weight excluding hydrogens is 306 g/mol. The summed E-state index contributed by atoms with van der Waals surface area (Å²) in [4.78, 5) is 32.4. The Morgan fingerprint density at radius 3 is 2.75 bits per heavy atom. The summed E-state index contributed by atoms with van der Waals surface area (Å²) >= 11 is 0. The summed E-state index contributed by atoms with van der Waals surface area (Å²) in [5, 5.41) is 3.78. The van der Waals surface area contributed by atoms with Gasteiger partial charge in [0.2, 0.25) is 0 Å². The van der Waals surface area contributed by atoms with Crippen molar-refractivity contribution in [2.24, 2.45) is 7.05 Å². The topological polar surface area (TPSA) is 81.8 Å². The minimum Gasteiger partial charge on any atom is -0.349 e. The molecule has 3 heterocycles. The Bertz CT molecular complexity index is 971. The van der Waals surface area contributed by atoms with E-state index in [4.69, 9.17) is 0 Å². The maximum Gasteiger partial charge on any atom is 0.348 e. The Morgan fingerprint density at radius 2 is 2.00 bits per heavy atom. The molecule has 3 aromatic heterocycles. The fraction of sp³-hybridized carbons (Fsp3) is 0.294. The quantitative estimate of drug-likeness (QED) is 0.781. The molecule has 7 nitrogen and oxygen atoms in total. The first kappa shape index (κ1) is 15.9. The highest BCUT2D eigenvalue weighted by molar-refractivity contribution is 5.94. The first-order chi connectivity index (χ1) is 11.5. The molecule has 0 aliphatic heterocycles. The zero-order valence-corrected chi connectivity index (χ0v) is 13.9. The monoisotopic (exact) mass is 325 g/mol. The van der Waals surface area contributed by atoms with Crippen LogP contribution in [0.25, 0.3) is 11.0 Å². The lowest BCUT2D eigenvalue weighted by Gasteiger charge is -2.10. The van der Waals surface area contributed by atoms with Crippen LogP contribution in [-0.2, 0) is 13.6 Å². The van der Waals surface area contributed by atoms with Crippen molar-refractivity contribution in [3.8, 4) is 0 Å². The van der Waals surface area contributed by atoms with Gasteiger partial charge in [-0.3, -0.25) is 9.36 Å². The number of amides is 1. The standard InChI is InChI=1S/C17H19N5O2/c1-11-10-12(2)22(17(24)19-11)9-7-18-16(23)14-5-4-13-6-8-21(3)15(13)20-14/h4-6,8,10H,7,9H2,1-3H3,(H,18,23). The van der Waals surface area contributed by atoms with E-state index in [0.717, 1.165) is 16.7 Å². The molecule has 1 amide bonds. The Kier molecular flexibility index (Phi) is 4.16. The van der Waals surface area contributed by atoms with Gasteiger partial charge in [-0.15, -0.1) is 0 Å². The molecule has 124 valence electrons. The average molecular weight is 325 g/mol. The molecule has 3 rings (SSSR count). The number of fused-ring (bicyclic) bond motifs is 1. The molecule has 0 unspecified atom stereocenters. The Labute approximate surface area is 139 Å². The SMILES string of the molecule is Cc1cc(C)n(CCNC(=O)c2ccc3ccn(C)c3n2)c(=O)n1. The number of carbonyl (C=O) groups is 1. The van der Waals surface area contributed by atoms with Crippen LogP contribution in [0.15, 0.2) is 35.3 Å². The number of aromatic nitrogens is 4. The summed E-state index contributed by atoms with van der Waals surface area (Å²) in [7, 11) is 1.89. The molecule has 1 N–H and O–H groups in total. The number of nitrogens with one attached hydrogen (secondary N) is 1. The molecule has 7 heteroatoms. The normalized spacial score (nSPS) is 11.0. The van der Waals surface area contributed by atoms with Crippen LogP contribution in [0.2, 0.25) is 0 Å². The molecule has 0 aliphatic carbocycles. The molecule has 0 radical (unpaired) electrons. The van der Waals surface area contributed by atoms with Gasteiger partial charge in [0, 0.05) is 43.1 Å². The smallest absolute Gasteiger partial charge is 0.348 e. The summed E-state index contributed by atoms with van der Waals surface area (Å²) in [5.41, 5.74) is 2.33. The summed E-state index contributed by atoms with van der Waals surface area (Å²) in [6.07, 6.45) is 1.90. The largest absolute Gasteiger partial charge is 0.349 e. The predicted molar refractivity (Wildman–Crippen MR) is 91.0 cm³/mol. The van der Waals surface area contributed by atoms with Crippen molar-refractivity contribution >= 4 is 16.9 Å². The number of hydrogen-bond acceptors (Lipinski definition) is 4. The Hall–Kier alpha value is -2.96. The van der Waals surface area contributed by atoms with E-state index < -0.39 is 0 Å². The summed E-state index contributed by atoms with van der Waals surface area (Å²) in [6.45, 7) is 4.34. The van der Waals surface area contributed by atoms with Crippen LogP contribution in [0.3, 0.4) is 0 Å². The lowest BCUT2D eigenvalue weighted by atomic mass is 10.3. The van der Waals surface area contributed by atoms with Gasteiger partial charge >= 0.3 is 5.69 Å². The van der Waals surface area contributed by atoms with Crippen molar-refractivity contribution in [2.45, 2.75) is 20.4 Å². The highest BCUT2D eigenvalue weighted by atomic mass is 16.2. The van der Waals surface area contributed by atoms with E-state index in [1.54, 1.807) is 17.6 Å². The van der Waals surface area contributed by atoms with Gasteiger partial charge in [-0.1, -0.05) is 0 Å². The van der Waals surface area contributed by atoms with Crippen LogP contribution in [0.5, 0.6) is 0 Å². The Balaban J connectivity index is 1.69. The number of carbonyl (C=O) groups excluding carboxylic acids is 1. The predicted octanol–water partition coefficient (Wildman–Crippen LogP) is 1.18. The molecular formula is C17H19N5O2. The number of nitrogens with zero attached hydrogens (tertiary/aromatic N) is 4. The van der Waals surface area contributed by atoms with Gasteiger partial charge in [0.25, 0.3) is 5.91 Å². The van der Waals surface area contributed by atoms with Crippen LogP contribution in [-0.4, -0.2) is 31.6 Å². The number of aryl methyl sites for hydroxylation is 3. The number of hydrogen-bond donors (Lipinski definition) is 1. The van der Waals surface area contributed by atoms with E-state index in [1.807, 2.05) is 42.9 Å². The van der Waals surface area contributed by atoms with E-state index in [9.17, 15) is 9.59 Å². The van der Waals surface area contributed by atoms with Crippen LogP contribution in [0.1, 0.15) is 21.9 Å². The molecule has 0 saturated heterocycles. The van der Waals surface area contributed by atoms with Crippen LogP contribution < -0.4 is 11.0 Å². The third kappa shape index (κ3) is 3.05.